The highest BCUT2D eigenvalue weighted by Crippen LogP contribution is 2.22. The standard InChI is InChI=1S/C12H17ClN2O/c1-8(2)9(7-14)12(16)15-11-6-4-3-5-10(11)13/h3-6,8-9H,7,14H2,1-2H3,(H,15,16). The van der Waals surface area contributed by atoms with E-state index in [0.717, 1.165) is 0 Å². The van der Waals surface area contributed by atoms with Crippen LogP contribution in [0.15, 0.2) is 24.3 Å². The van der Waals surface area contributed by atoms with Crippen LogP contribution in [-0.2, 0) is 4.79 Å². The maximum atomic E-state index is 11.9. The zero-order valence-corrected chi connectivity index (χ0v) is 10.3. The molecule has 3 N–H and O–H groups in total. The fourth-order valence-electron chi connectivity index (χ4n) is 1.47. The largest absolute Gasteiger partial charge is 0.330 e. The van der Waals surface area contributed by atoms with Gasteiger partial charge in [-0.1, -0.05) is 37.6 Å². The minimum absolute atomic E-state index is 0.0781. The average Bonchev–Trinajstić information content (AvgIpc) is 2.22. The predicted molar refractivity (Wildman–Crippen MR) is 67.5 cm³/mol. The van der Waals surface area contributed by atoms with Crippen LogP contribution in [0.5, 0.6) is 0 Å². The zero-order valence-electron chi connectivity index (χ0n) is 9.53. The van der Waals surface area contributed by atoms with Gasteiger partial charge in [0, 0.05) is 6.54 Å². The van der Waals surface area contributed by atoms with E-state index in [0.29, 0.717) is 17.3 Å². The summed E-state index contributed by atoms with van der Waals surface area (Å²) in [6, 6.07) is 7.16. The molecule has 0 saturated heterocycles. The maximum absolute atomic E-state index is 11.9. The van der Waals surface area contributed by atoms with Crippen molar-refractivity contribution in [1.82, 2.24) is 0 Å². The van der Waals surface area contributed by atoms with Crippen LogP contribution in [0, 0.1) is 11.8 Å². The molecule has 1 unspecified atom stereocenters. The highest BCUT2D eigenvalue weighted by molar-refractivity contribution is 6.33. The molecule has 3 nitrogen and oxygen atoms in total. The van der Waals surface area contributed by atoms with Gasteiger partial charge in [0.1, 0.15) is 0 Å². The number of rotatable bonds is 4. The highest BCUT2D eigenvalue weighted by Gasteiger charge is 2.20. The van der Waals surface area contributed by atoms with Gasteiger partial charge in [-0.05, 0) is 18.1 Å². The van der Waals surface area contributed by atoms with Gasteiger partial charge in [-0.2, -0.15) is 0 Å². The minimum atomic E-state index is -0.184. The molecule has 1 aromatic carbocycles. The number of amides is 1. The number of benzene rings is 1. The summed E-state index contributed by atoms with van der Waals surface area (Å²) in [7, 11) is 0. The van der Waals surface area contributed by atoms with Gasteiger partial charge >= 0.3 is 0 Å². The summed E-state index contributed by atoms with van der Waals surface area (Å²) >= 11 is 5.95. The van der Waals surface area contributed by atoms with E-state index in [1.54, 1.807) is 12.1 Å². The average molecular weight is 241 g/mol. The second-order valence-corrected chi connectivity index (χ2v) is 4.46. The van der Waals surface area contributed by atoms with Gasteiger partial charge in [0.05, 0.1) is 16.6 Å². The number of anilines is 1. The monoisotopic (exact) mass is 240 g/mol. The van der Waals surface area contributed by atoms with Gasteiger partial charge in [0.2, 0.25) is 5.91 Å². The number of hydrogen-bond acceptors (Lipinski definition) is 2. The molecule has 0 aromatic heterocycles. The van der Waals surface area contributed by atoms with Gasteiger partial charge in [-0.3, -0.25) is 4.79 Å². The lowest BCUT2D eigenvalue weighted by molar-refractivity contribution is -0.120. The van der Waals surface area contributed by atoms with Crippen molar-refractivity contribution in [2.75, 3.05) is 11.9 Å². The van der Waals surface area contributed by atoms with E-state index in [1.165, 1.54) is 0 Å². The fourth-order valence-corrected chi connectivity index (χ4v) is 1.65. The van der Waals surface area contributed by atoms with Crippen molar-refractivity contribution in [3.05, 3.63) is 29.3 Å². The Bertz CT molecular complexity index is 366. The SMILES string of the molecule is CC(C)C(CN)C(=O)Nc1ccccc1Cl. The van der Waals surface area contributed by atoms with Crippen LogP contribution in [0.2, 0.25) is 5.02 Å². The summed E-state index contributed by atoms with van der Waals surface area (Å²) in [6.07, 6.45) is 0. The second-order valence-electron chi connectivity index (χ2n) is 4.06. The van der Waals surface area contributed by atoms with E-state index >= 15 is 0 Å². The zero-order chi connectivity index (χ0) is 12.1. The van der Waals surface area contributed by atoms with E-state index in [2.05, 4.69) is 5.32 Å². The maximum Gasteiger partial charge on any atom is 0.229 e. The summed E-state index contributed by atoms with van der Waals surface area (Å²) in [4.78, 5) is 11.9. The van der Waals surface area contributed by atoms with Gasteiger partial charge in [-0.15, -0.1) is 0 Å². The summed E-state index contributed by atoms with van der Waals surface area (Å²) in [5.74, 6) is -0.0469. The molecule has 0 spiro atoms. The molecule has 1 amide bonds. The Morgan fingerprint density at radius 2 is 2.06 bits per heavy atom. The molecular formula is C12H17ClN2O. The Balaban J connectivity index is 2.74. The first-order chi connectivity index (χ1) is 7.56. The van der Waals surface area contributed by atoms with Crippen molar-refractivity contribution in [2.24, 2.45) is 17.6 Å². The summed E-state index contributed by atoms with van der Waals surface area (Å²) < 4.78 is 0. The number of nitrogens with one attached hydrogen (secondary N) is 1. The van der Waals surface area contributed by atoms with Crippen LogP contribution < -0.4 is 11.1 Å². The molecule has 88 valence electrons. The lowest BCUT2D eigenvalue weighted by Crippen LogP contribution is -2.33. The molecule has 0 fully saturated rings. The van der Waals surface area contributed by atoms with Gasteiger partial charge in [-0.25, -0.2) is 0 Å². The van der Waals surface area contributed by atoms with E-state index in [1.807, 2.05) is 26.0 Å². The lowest BCUT2D eigenvalue weighted by Gasteiger charge is -2.18. The molecule has 0 aliphatic heterocycles. The molecule has 4 heteroatoms. The normalized spacial score (nSPS) is 12.6. The number of halogens is 1. The summed E-state index contributed by atoms with van der Waals surface area (Å²) in [5, 5.41) is 3.33. The van der Waals surface area contributed by atoms with Crippen molar-refractivity contribution in [3.8, 4) is 0 Å². The van der Waals surface area contributed by atoms with E-state index < -0.39 is 0 Å². The molecule has 0 radical (unpaired) electrons. The lowest BCUT2D eigenvalue weighted by atomic mass is 9.95. The molecule has 1 atom stereocenters. The molecule has 0 bridgehead atoms. The Kier molecular flexibility index (Phi) is 4.77. The van der Waals surface area contributed by atoms with Crippen molar-refractivity contribution < 1.29 is 4.79 Å². The van der Waals surface area contributed by atoms with Crippen LogP contribution in [0.25, 0.3) is 0 Å². The molecule has 0 saturated carbocycles. The number of para-hydroxylation sites is 1. The first-order valence-corrected chi connectivity index (χ1v) is 5.69. The first kappa shape index (κ1) is 13.0. The topological polar surface area (TPSA) is 55.1 Å². The van der Waals surface area contributed by atoms with Crippen LogP contribution in [0.4, 0.5) is 5.69 Å². The Morgan fingerprint density at radius 3 is 2.56 bits per heavy atom. The highest BCUT2D eigenvalue weighted by atomic mass is 35.5. The molecule has 1 aromatic rings. The number of carbonyl (C=O) groups excluding carboxylic acids is 1. The van der Waals surface area contributed by atoms with Gasteiger partial charge in [0.25, 0.3) is 0 Å². The van der Waals surface area contributed by atoms with E-state index in [4.69, 9.17) is 17.3 Å². The van der Waals surface area contributed by atoms with Crippen LogP contribution in [-0.4, -0.2) is 12.5 Å². The van der Waals surface area contributed by atoms with Crippen LogP contribution >= 0.6 is 11.6 Å². The molecule has 0 heterocycles. The third-order valence-electron chi connectivity index (χ3n) is 2.53. The Hall–Kier alpha value is -1.06. The van der Waals surface area contributed by atoms with Crippen molar-refractivity contribution in [1.29, 1.82) is 0 Å². The van der Waals surface area contributed by atoms with Gasteiger partial charge < -0.3 is 11.1 Å². The quantitative estimate of drug-likeness (QED) is 0.850. The molecular weight excluding hydrogens is 224 g/mol. The Labute approximate surface area is 101 Å². The minimum Gasteiger partial charge on any atom is -0.330 e. The smallest absolute Gasteiger partial charge is 0.229 e. The van der Waals surface area contributed by atoms with Crippen molar-refractivity contribution in [2.45, 2.75) is 13.8 Å². The predicted octanol–water partition coefficient (Wildman–Crippen LogP) is 2.51. The van der Waals surface area contributed by atoms with E-state index in [-0.39, 0.29) is 17.7 Å². The van der Waals surface area contributed by atoms with Crippen molar-refractivity contribution in [3.63, 3.8) is 0 Å². The Morgan fingerprint density at radius 1 is 1.44 bits per heavy atom. The van der Waals surface area contributed by atoms with Crippen molar-refractivity contribution >= 4 is 23.2 Å². The van der Waals surface area contributed by atoms with Crippen LogP contribution in [0.1, 0.15) is 13.8 Å². The third kappa shape index (κ3) is 3.22. The number of carbonyl (C=O) groups is 1. The molecule has 16 heavy (non-hydrogen) atoms. The number of nitrogens with two attached hydrogens (primary N) is 1. The van der Waals surface area contributed by atoms with E-state index in [9.17, 15) is 4.79 Å². The third-order valence-corrected chi connectivity index (χ3v) is 2.86. The molecule has 0 aliphatic rings. The van der Waals surface area contributed by atoms with Gasteiger partial charge in [0.15, 0.2) is 0 Å². The molecule has 0 aliphatic carbocycles. The first-order valence-electron chi connectivity index (χ1n) is 5.31. The number of hydrogen-bond donors (Lipinski definition) is 2. The summed E-state index contributed by atoms with van der Waals surface area (Å²) in [5.41, 5.74) is 6.21. The summed E-state index contributed by atoms with van der Waals surface area (Å²) in [6.45, 7) is 4.29. The fraction of sp³-hybridized carbons (Fsp3) is 0.417. The molecule has 1 rings (SSSR count). The van der Waals surface area contributed by atoms with Crippen LogP contribution in [0.3, 0.4) is 0 Å². The second kappa shape index (κ2) is 5.87.